The van der Waals surface area contributed by atoms with Gasteiger partial charge in [0.05, 0.1) is 24.9 Å². The first kappa shape index (κ1) is 15.4. The van der Waals surface area contributed by atoms with Crippen LogP contribution in [0.5, 0.6) is 0 Å². The van der Waals surface area contributed by atoms with Gasteiger partial charge in [-0.25, -0.2) is 8.78 Å². The minimum atomic E-state index is -1.17. The molecule has 0 spiro atoms. The van der Waals surface area contributed by atoms with E-state index < -0.39 is 17.7 Å². The highest BCUT2D eigenvalue weighted by atomic mass is 19.2. The van der Waals surface area contributed by atoms with Gasteiger partial charge in [-0.1, -0.05) is 12.1 Å². The fraction of sp³-hybridized carbons (Fsp3) is 0.600. The standard InChI is InChI=1S/C15H20F2O3/c1-9-6-11(7-10(2)20-9)19-8-14(18)12-4-3-5-13(16)15(12)17/h3-5,9-11,14,18H,6-8H2,1-2H3. The summed E-state index contributed by atoms with van der Waals surface area (Å²) in [6, 6.07) is 3.76. The maximum absolute atomic E-state index is 13.5. The molecule has 1 aromatic rings. The van der Waals surface area contributed by atoms with Gasteiger partial charge in [0.1, 0.15) is 6.10 Å². The van der Waals surface area contributed by atoms with Crippen molar-refractivity contribution >= 4 is 0 Å². The van der Waals surface area contributed by atoms with Crippen molar-refractivity contribution in [2.45, 2.75) is 51.1 Å². The molecule has 1 N–H and O–H groups in total. The second kappa shape index (κ2) is 6.61. The van der Waals surface area contributed by atoms with Crippen molar-refractivity contribution in [3.63, 3.8) is 0 Å². The van der Waals surface area contributed by atoms with E-state index in [-0.39, 0.29) is 30.5 Å². The van der Waals surface area contributed by atoms with E-state index in [2.05, 4.69) is 0 Å². The molecule has 1 aliphatic heterocycles. The van der Waals surface area contributed by atoms with Crippen molar-refractivity contribution in [3.05, 3.63) is 35.4 Å². The number of hydrogen-bond donors (Lipinski definition) is 1. The van der Waals surface area contributed by atoms with Gasteiger partial charge in [-0.15, -0.1) is 0 Å². The third-order valence-electron chi connectivity index (χ3n) is 3.48. The van der Waals surface area contributed by atoms with Crippen molar-refractivity contribution in [1.82, 2.24) is 0 Å². The van der Waals surface area contributed by atoms with Crippen LogP contribution < -0.4 is 0 Å². The van der Waals surface area contributed by atoms with Crippen LogP contribution in [0.25, 0.3) is 0 Å². The van der Waals surface area contributed by atoms with Crippen LogP contribution in [-0.2, 0) is 9.47 Å². The highest BCUT2D eigenvalue weighted by Gasteiger charge is 2.26. The molecule has 0 amide bonds. The predicted molar refractivity (Wildman–Crippen MR) is 70.3 cm³/mol. The van der Waals surface area contributed by atoms with Gasteiger partial charge in [-0.05, 0) is 32.8 Å². The summed E-state index contributed by atoms with van der Waals surface area (Å²) in [7, 11) is 0. The van der Waals surface area contributed by atoms with Crippen molar-refractivity contribution in [3.8, 4) is 0 Å². The van der Waals surface area contributed by atoms with E-state index in [1.165, 1.54) is 12.1 Å². The number of ether oxygens (including phenoxy) is 2. The third-order valence-corrected chi connectivity index (χ3v) is 3.48. The molecule has 2 rings (SSSR count). The first-order valence-electron chi connectivity index (χ1n) is 6.86. The van der Waals surface area contributed by atoms with E-state index in [0.29, 0.717) is 0 Å². The summed E-state index contributed by atoms with van der Waals surface area (Å²) in [5.41, 5.74) is -0.0712. The van der Waals surface area contributed by atoms with E-state index in [0.717, 1.165) is 18.9 Å². The fourth-order valence-corrected chi connectivity index (χ4v) is 2.58. The number of aliphatic hydroxyl groups is 1. The quantitative estimate of drug-likeness (QED) is 0.925. The van der Waals surface area contributed by atoms with Crippen molar-refractivity contribution in [2.24, 2.45) is 0 Å². The summed E-state index contributed by atoms with van der Waals surface area (Å²) >= 11 is 0. The molecule has 5 heteroatoms. The Labute approximate surface area is 117 Å². The van der Waals surface area contributed by atoms with Gasteiger partial charge < -0.3 is 14.6 Å². The van der Waals surface area contributed by atoms with Crippen LogP contribution in [0.15, 0.2) is 18.2 Å². The summed E-state index contributed by atoms with van der Waals surface area (Å²) < 4.78 is 37.8. The van der Waals surface area contributed by atoms with Crippen LogP contribution >= 0.6 is 0 Å². The zero-order chi connectivity index (χ0) is 14.7. The summed E-state index contributed by atoms with van der Waals surface area (Å²) in [5, 5.41) is 9.93. The van der Waals surface area contributed by atoms with Crippen molar-refractivity contribution < 1.29 is 23.4 Å². The van der Waals surface area contributed by atoms with Crippen LogP contribution in [0.1, 0.15) is 38.4 Å². The average Bonchev–Trinajstić information content (AvgIpc) is 2.38. The number of hydrogen-bond acceptors (Lipinski definition) is 3. The van der Waals surface area contributed by atoms with Crippen molar-refractivity contribution in [1.29, 1.82) is 0 Å². The molecule has 3 nitrogen and oxygen atoms in total. The highest BCUT2D eigenvalue weighted by molar-refractivity contribution is 5.21. The maximum atomic E-state index is 13.5. The van der Waals surface area contributed by atoms with Gasteiger partial charge in [0.25, 0.3) is 0 Å². The Bertz CT molecular complexity index is 443. The molecule has 0 saturated carbocycles. The molecule has 1 aliphatic rings. The summed E-state index contributed by atoms with van der Waals surface area (Å²) in [6.07, 6.45) is 0.489. The molecule has 0 bridgehead atoms. The monoisotopic (exact) mass is 286 g/mol. The first-order valence-corrected chi connectivity index (χ1v) is 6.86. The topological polar surface area (TPSA) is 38.7 Å². The Kier molecular flexibility index (Phi) is 5.07. The fourth-order valence-electron chi connectivity index (χ4n) is 2.58. The van der Waals surface area contributed by atoms with Crippen LogP contribution in [0.4, 0.5) is 8.78 Å². The van der Waals surface area contributed by atoms with Gasteiger partial charge in [0.2, 0.25) is 0 Å². The molecule has 112 valence electrons. The molecule has 0 radical (unpaired) electrons. The molecule has 1 saturated heterocycles. The minimum absolute atomic E-state index is 0.0278. The highest BCUT2D eigenvalue weighted by Crippen LogP contribution is 2.24. The molecule has 0 aromatic heterocycles. The third kappa shape index (κ3) is 3.75. The second-order valence-electron chi connectivity index (χ2n) is 5.34. The molecule has 0 aliphatic carbocycles. The smallest absolute Gasteiger partial charge is 0.164 e. The SMILES string of the molecule is CC1CC(OCC(O)c2cccc(F)c2F)CC(C)O1. The molecular weight excluding hydrogens is 266 g/mol. The van der Waals surface area contributed by atoms with Crippen LogP contribution in [0, 0.1) is 11.6 Å². The maximum Gasteiger partial charge on any atom is 0.164 e. The molecule has 3 atom stereocenters. The van der Waals surface area contributed by atoms with E-state index in [1.54, 1.807) is 0 Å². The van der Waals surface area contributed by atoms with Gasteiger partial charge in [0.15, 0.2) is 11.6 Å². The second-order valence-corrected chi connectivity index (χ2v) is 5.34. The van der Waals surface area contributed by atoms with Crippen LogP contribution in [-0.4, -0.2) is 30.0 Å². The molecular formula is C15H20F2O3. The summed E-state index contributed by atoms with van der Waals surface area (Å²) in [6.45, 7) is 3.88. The normalized spacial score (nSPS) is 28.4. The van der Waals surface area contributed by atoms with E-state index >= 15 is 0 Å². The zero-order valence-corrected chi connectivity index (χ0v) is 11.7. The van der Waals surface area contributed by atoms with Gasteiger partial charge in [-0.2, -0.15) is 0 Å². The van der Waals surface area contributed by atoms with Gasteiger partial charge in [-0.3, -0.25) is 0 Å². The lowest BCUT2D eigenvalue weighted by atomic mass is 10.0. The Morgan fingerprint density at radius 3 is 2.60 bits per heavy atom. The first-order chi connectivity index (χ1) is 9.47. The Hall–Kier alpha value is -1.04. The van der Waals surface area contributed by atoms with Crippen molar-refractivity contribution in [2.75, 3.05) is 6.61 Å². The lowest BCUT2D eigenvalue weighted by Crippen LogP contribution is -2.34. The molecule has 1 heterocycles. The largest absolute Gasteiger partial charge is 0.386 e. The number of halogens is 2. The molecule has 3 unspecified atom stereocenters. The van der Waals surface area contributed by atoms with E-state index in [4.69, 9.17) is 9.47 Å². The van der Waals surface area contributed by atoms with Crippen LogP contribution in [0.3, 0.4) is 0 Å². The van der Waals surface area contributed by atoms with E-state index in [1.807, 2.05) is 13.8 Å². The minimum Gasteiger partial charge on any atom is -0.386 e. The Balaban J connectivity index is 1.91. The lowest BCUT2D eigenvalue weighted by Gasteiger charge is -2.32. The lowest BCUT2D eigenvalue weighted by molar-refractivity contribution is -0.114. The summed E-state index contributed by atoms with van der Waals surface area (Å²) in [5.74, 6) is -1.98. The molecule has 20 heavy (non-hydrogen) atoms. The average molecular weight is 286 g/mol. The predicted octanol–water partition coefficient (Wildman–Crippen LogP) is 2.97. The summed E-state index contributed by atoms with van der Waals surface area (Å²) in [4.78, 5) is 0. The van der Waals surface area contributed by atoms with Crippen LogP contribution in [0.2, 0.25) is 0 Å². The molecule has 1 fully saturated rings. The Morgan fingerprint density at radius 2 is 1.95 bits per heavy atom. The number of aliphatic hydroxyl groups excluding tert-OH is 1. The number of rotatable bonds is 4. The Morgan fingerprint density at radius 1 is 1.30 bits per heavy atom. The van der Waals surface area contributed by atoms with Gasteiger partial charge >= 0.3 is 0 Å². The molecule has 1 aromatic carbocycles. The number of benzene rings is 1. The van der Waals surface area contributed by atoms with E-state index in [9.17, 15) is 13.9 Å². The van der Waals surface area contributed by atoms with Gasteiger partial charge in [0, 0.05) is 5.56 Å². The zero-order valence-electron chi connectivity index (χ0n) is 11.7.